The van der Waals surface area contributed by atoms with Crippen molar-refractivity contribution in [2.45, 2.75) is 38.8 Å². The molecule has 2 atom stereocenters. The van der Waals surface area contributed by atoms with E-state index in [9.17, 15) is 9.90 Å². The molecular weight excluding hydrogens is 454 g/mol. The molecule has 7 heteroatoms. The Morgan fingerprint density at radius 2 is 1.92 bits per heavy atom. The number of imidazole rings is 1. The zero-order valence-corrected chi connectivity index (χ0v) is 20.8. The molecule has 1 N–H and O–H groups in total. The molecule has 36 heavy (non-hydrogen) atoms. The first-order valence-electron chi connectivity index (χ1n) is 12.2. The zero-order chi connectivity index (χ0) is 25.2. The summed E-state index contributed by atoms with van der Waals surface area (Å²) in [6.45, 7) is 5.02. The van der Waals surface area contributed by atoms with Gasteiger partial charge in [-0.15, -0.1) is 0 Å². The summed E-state index contributed by atoms with van der Waals surface area (Å²) in [5, 5.41) is 10.9. The number of nitrogens with zero attached hydrogens (tertiary/aromatic N) is 3. The molecule has 0 saturated carbocycles. The molecule has 1 aliphatic rings. The molecule has 4 aromatic rings. The van der Waals surface area contributed by atoms with Crippen molar-refractivity contribution in [1.29, 1.82) is 0 Å². The number of aliphatic hydroxyl groups excluding tert-OH is 1. The Kier molecular flexibility index (Phi) is 6.65. The standard InChI is InChI=1S/C29H31N3O4/c1-19-11-12-20(2)27(13-19)36-18-23(33)17-32-26-10-5-4-9-25(26)30-29(32)21-14-28(34)31(16-21)22-7-6-8-24(15-22)35-3/h4-13,15,21,23,33H,14,16-18H2,1-3H3. The number of aryl methyl sites for hydroxylation is 2. The van der Waals surface area contributed by atoms with E-state index in [0.717, 1.165) is 39.4 Å². The minimum atomic E-state index is -0.743. The number of carbonyl (C=O) groups is 1. The topological polar surface area (TPSA) is 76.8 Å². The van der Waals surface area contributed by atoms with E-state index in [1.807, 2.05) is 85.1 Å². The normalized spacial score (nSPS) is 16.5. The average molecular weight is 486 g/mol. The summed E-state index contributed by atoms with van der Waals surface area (Å²) in [6.07, 6.45) is -0.386. The molecule has 2 heterocycles. The van der Waals surface area contributed by atoms with E-state index in [1.165, 1.54) is 0 Å². The van der Waals surface area contributed by atoms with Crippen LogP contribution in [0.3, 0.4) is 0 Å². The molecule has 0 spiro atoms. The van der Waals surface area contributed by atoms with Gasteiger partial charge >= 0.3 is 0 Å². The highest BCUT2D eigenvalue weighted by Crippen LogP contribution is 2.34. The maximum atomic E-state index is 13.0. The van der Waals surface area contributed by atoms with Gasteiger partial charge in [-0.1, -0.05) is 30.3 Å². The molecule has 1 saturated heterocycles. The summed E-state index contributed by atoms with van der Waals surface area (Å²) in [5.74, 6) is 2.25. The second-order valence-corrected chi connectivity index (χ2v) is 9.41. The van der Waals surface area contributed by atoms with Crippen LogP contribution in [-0.4, -0.2) is 46.9 Å². The van der Waals surface area contributed by atoms with Crippen molar-refractivity contribution in [3.8, 4) is 11.5 Å². The van der Waals surface area contributed by atoms with Gasteiger partial charge in [0.25, 0.3) is 0 Å². The number of ether oxygens (including phenoxy) is 2. The number of aromatic nitrogens is 2. The first kappa shape index (κ1) is 23.9. The molecule has 5 rings (SSSR count). The lowest BCUT2D eigenvalue weighted by Gasteiger charge is -2.19. The minimum Gasteiger partial charge on any atom is -0.497 e. The van der Waals surface area contributed by atoms with Crippen molar-refractivity contribution in [3.05, 3.63) is 83.7 Å². The number of benzene rings is 3. The fourth-order valence-corrected chi connectivity index (χ4v) is 4.82. The molecule has 186 valence electrons. The SMILES string of the molecule is COc1cccc(N2CC(c3nc4ccccc4n3CC(O)COc3cc(C)ccc3C)CC2=O)c1. The van der Waals surface area contributed by atoms with Crippen LogP contribution in [0.25, 0.3) is 11.0 Å². The summed E-state index contributed by atoms with van der Waals surface area (Å²) in [6, 6.07) is 21.5. The van der Waals surface area contributed by atoms with Gasteiger partial charge in [-0.2, -0.15) is 0 Å². The van der Waals surface area contributed by atoms with E-state index in [1.54, 1.807) is 12.0 Å². The molecule has 3 aromatic carbocycles. The first-order valence-corrected chi connectivity index (χ1v) is 12.2. The number of methoxy groups -OCH3 is 1. The molecule has 7 nitrogen and oxygen atoms in total. The van der Waals surface area contributed by atoms with Crippen LogP contribution in [0.5, 0.6) is 11.5 Å². The quantitative estimate of drug-likeness (QED) is 0.394. The smallest absolute Gasteiger partial charge is 0.227 e. The lowest BCUT2D eigenvalue weighted by Crippen LogP contribution is -2.26. The number of para-hydroxylation sites is 2. The van der Waals surface area contributed by atoms with Gasteiger partial charge in [0.05, 0.1) is 24.7 Å². The van der Waals surface area contributed by atoms with Crippen LogP contribution >= 0.6 is 0 Å². The fraction of sp³-hybridized carbons (Fsp3) is 0.310. The van der Waals surface area contributed by atoms with Crippen LogP contribution in [0.4, 0.5) is 5.69 Å². The predicted molar refractivity (Wildman–Crippen MR) is 140 cm³/mol. The molecule has 0 radical (unpaired) electrons. The third kappa shape index (κ3) is 4.79. The van der Waals surface area contributed by atoms with Gasteiger partial charge in [0.15, 0.2) is 0 Å². The number of hydrogen-bond donors (Lipinski definition) is 1. The second-order valence-electron chi connectivity index (χ2n) is 9.41. The van der Waals surface area contributed by atoms with E-state index in [4.69, 9.17) is 14.5 Å². The molecule has 0 aliphatic carbocycles. The van der Waals surface area contributed by atoms with Gasteiger partial charge in [-0.05, 0) is 55.3 Å². The zero-order valence-electron chi connectivity index (χ0n) is 20.8. The van der Waals surface area contributed by atoms with Crippen molar-refractivity contribution in [1.82, 2.24) is 9.55 Å². The highest BCUT2D eigenvalue weighted by atomic mass is 16.5. The third-order valence-electron chi connectivity index (χ3n) is 6.71. The van der Waals surface area contributed by atoms with E-state index < -0.39 is 6.10 Å². The summed E-state index contributed by atoms with van der Waals surface area (Å²) in [5.41, 5.74) is 4.74. The number of fused-ring (bicyclic) bond motifs is 1. The Morgan fingerprint density at radius 1 is 1.08 bits per heavy atom. The van der Waals surface area contributed by atoms with Gasteiger partial charge in [-0.25, -0.2) is 4.98 Å². The van der Waals surface area contributed by atoms with Crippen molar-refractivity contribution in [3.63, 3.8) is 0 Å². The Labute approximate surface area is 210 Å². The van der Waals surface area contributed by atoms with Gasteiger partial charge in [0, 0.05) is 30.6 Å². The van der Waals surface area contributed by atoms with Crippen LogP contribution < -0.4 is 14.4 Å². The minimum absolute atomic E-state index is 0.0469. The van der Waals surface area contributed by atoms with Crippen LogP contribution in [0.15, 0.2) is 66.7 Å². The second kappa shape index (κ2) is 10.0. The number of rotatable bonds is 8. The summed E-state index contributed by atoms with van der Waals surface area (Å²) < 4.78 is 13.3. The van der Waals surface area contributed by atoms with E-state index in [2.05, 4.69) is 0 Å². The van der Waals surface area contributed by atoms with Crippen LogP contribution in [0.1, 0.15) is 29.3 Å². The number of carbonyl (C=O) groups excluding carboxylic acids is 1. The maximum Gasteiger partial charge on any atom is 0.227 e. The molecule has 1 fully saturated rings. The molecule has 1 aromatic heterocycles. The monoisotopic (exact) mass is 485 g/mol. The predicted octanol–water partition coefficient (Wildman–Crippen LogP) is 4.62. The molecule has 1 aliphatic heterocycles. The summed E-state index contributed by atoms with van der Waals surface area (Å²) >= 11 is 0. The van der Waals surface area contributed by atoms with Gasteiger partial charge in [-0.3, -0.25) is 4.79 Å². The Balaban J connectivity index is 1.38. The Hall–Kier alpha value is -3.84. The molecule has 0 bridgehead atoms. The largest absolute Gasteiger partial charge is 0.497 e. The lowest BCUT2D eigenvalue weighted by molar-refractivity contribution is -0.117. The Bertz CT molecular complexity index is 1400. The van der Waals surface area contributed by atoms with E-state index >= 15 is 0 Å². The van der Waals surface area contributed by atoms with Crippen molar-refractivity contribution in [2.75, 3.05) is 25.2 Å². The first-order chi connectivity index (χ1) is 17.4. The Morgan fingerprint density at radius 3 is 2.75 bits per heavy atom. The van der Waals surface area contributed by atoms with Crippen LogP contribution in [-0.2, 0) is 11.3 Å². The fourth-order valence-electron chi connectivity index (χ4n) is 4.82. The summed E-state index contributed by atoms with van der Waals surface area (Å²) in [4.78, 5) is 19.7. The highest BCUT2D eigenvalue weighted by molar-refractivity contribution is 5.96. The van der Waals surface area contributed by atoms with Crippen molar-refractivity contribution >= 4 is 22.6 Å². The van der Waals surface area contributed by atoms with Gasteiger partial charge < -0.3 is 24.0 Å². The number of amides is 1. The molecular formula is C29H31N3O4. The maximum absolute atomic E-state index is 13.0. The van der Waals surface area contributed by atoms with Crippen molar-refractivity contribution in [2.24, 2.45) is 0 Å². The highest BCUT2D eigenvalue weighted by Gasteiger charge is 2.35. The number of aliphatic hydroxyl groups is 1. The average Bonchev–Trinajstić information content (AvgIpc) is 3.45. The lowest BCUT2D eigenvalue weighted by atomic mass is 10.1. The van der Waals surface area contributed by atoms with Crippen molar-refractivity contribution < 1.29 is 19.4 Å². The van der Waals surface area contributed by atoms with Crippen LogP contribution in [0, 0.1) is 13.8 Å². The number of anilines is 1. The van der Waals surface area contributed by atoms with Crippen LogP contribution in [0.2, 0.25) is 0 Å². The molecule has 2 unspecified atom stereocenters. The van der Waals surface area contributed by atoms with Gasteiger partial charge in [0.1, 0.15) is 30.0 Å². The number of hydrogen-bond acceptors (Lipinski definition) is 5. The van der Waals surface area contributed by atoms with E-state index in [0.29, 0.717) is 25.3 Å². The van der Waals surface area contributed by atoms with Gasteiger partial charge in [0.2, 0.25) is 5.91 Å². The van der Waals surface area contributed by atoms with E-state index in [-0.39, 0.29) is 18.4 Å². The summed E-state index contributed by atoms with van der Waals surface area (Å²) in [7, 11) is 1.62. The third-order valence-corrected chi connectivity index (χ3v) is 6.71. The molecule has 1 amide bonds.